The van der Waals surface area contributed by atoms with E-state index >= 15 is 0 Å². The molecule has 10 heteroatoms. The van der Waals surface area contributed by atoms with E-state index in [1.165, 1.54) is 24.1 Å². The van der Waals surface area contributed by atoms with Gasteiger partial charge in [-0.05, 0) is 68.3 Å². The van der Waals surface area contributed by atoms with E-state index in [0.29, 0.717) is 10.6 Å². The minimum Gasteiger partial charge on any atom is -0.495 e. The Morgan fingerprint density at radius 3 is 2.16 bits per heavy atom. The lowest BCUT2D eigenvalue weighted by molar-refractivity contribution is -0.140. The molecule has 0 saturated carbocycles. The lowest BCUT2D eigenvalue weighted by atomic mass is 10.0. The molecule has 0 aliphatic carbocycles. The molecule has 0 fully saturated rings. The van der Waals surface area contributed by atoms with Gasteiger partial charge in [-0.2, -0.15) is 0 Å². The number of halogens is 1. The van der Waals surface area contributed by atoms with Crippen molar-refractivity contribution in [1.82, 2.24) is 10.2 Å². The second-order valence-corrected chi connectivity index (χ2v) is 13.3. The number of para-hydroxylation sites is 2. The summed E-state index contributed by atoms with van der Waals surface area (Å²) in [7, 11) is -2.81. The lowest BCUT2D eigenvalue weighted by Crippen LogP contribution is -2.54. The highest BCUT2D eigenvalue weighted by molar-refractivity contribution is 7.92. The summed E-state index contributed by atoms with van der Waals surface area (Å²) >= 11 is 6.30. The fourth-order valence-corrected chi connectivity index (χ4v) is 6.59. The Morgan fingerprint density at radius 2 is 1.51 bits per heavy atom. The largest absolute Gasteiger partial charge is 0.495 e. The summed E-state index contributed by atoms with van der Waals surface area (Å²) in [6.07, 6.45) is 0.213. The molecule has 236 valence electrons. The average molecular weight is 648 g/mol. The number of hydrogen-bond donors (Lipinski definition) is 1. The van der Waals surface area contributed by atoms with Crippen LogP contribution in [0.15, 0.2) is 108 Å². The molecule has 1 atom stereocenters. The van der Waals surface area contributed by atoms with Crippen LogP contribution < -0.4 is 14.4 Å². The van der Waals surface area contributed by atoms with Gasteiger partial charge in [-0.1, -0.05) is 83.9 Å². The van der Waals surface area contributed by atoms with Crippen molar-refractivity contribution in [3.05, 3.63) is 125 Å². The number of nitrogens with zero attached hydrogens (tertiary/aromatic N) is 2. The van der Waals surface area contributed by atoms with E-state index in [4.69, 9.17) is 16.3 Å². The molecule has 0 saturated heterocycles. The molecule has 0 unspecified atom stereocenters. The van der Waals surface area contributed by atoms with Crippen molar-refractivity contribution in [3.8, 4) is 5.75 Å². The van der Waals surface area contributed by atoms with Gasteiger partial charge in [-0.15, -0.1) is 0 Å². The molecule has 0 aliphatic heterocycles. The number of hydrogen-bond acceptors (Lipinski definition) is 5. The monoisotopic (exact) mass is 647 g/mol. The number of nitrogens with one attached hydrogen (secondary N) is 1. The van der Waals surface area contributed by atoms with Gasteiger partial charge < -0.3 is 15.0 Å². The summed E-state index contributed by atoms with van der Waals surface area (Å²) in [5.74, 6) is -0.647. The number of ether oxygens (including phenoxy) is 1. The van der Waals surface area contributed by atoms with Crippen LogP contribution in [0.25, 0.3) is 0 Å². The summed E-state index contributed by atoms with van der Waals surface area (Å²) in [5, 5.41) is 3.43. The van der Waals surface area contributed by atoms with E-state index in [1.54, 1.807) is 54.6 Å². The second kappa shape index (κ2) is 15.1. The number of benzene rings is 4. The van der Waals surface area contributed by atoms with Crippen LogP contribution in [0.3, 0.4) is 0 Å². The van der Waals surface area contributed by atoms with Crippen LogP contribution in [0, 0.1) is 6.92 Å². The van der Waals surface area contributed by atoms with E-state index < -0.39 is 28.5 Å². The van der Waals surface area contributed by atoms with Gasteiger partial charge in [0, 0.05) is 24.0 Å². The molecule has 45 heavy (non-hydrogen) atoms. The number of carbonyl (C=O) groups excluding carboxylic acids is 2. The highest BCUT2D eigenvalue weighted by Gasteiger charge is 2.35. The first-order valence-electron chi connectivity index (χ1n) is 14.6. The zero-order valence-corrected chi connectivity index (χ0v) is 27.4. The van der Waals surface area contributed by atoms with Crippen LogP contribution >= 0.6 is 11.6 Å². The Kier molecular flexibility index (Phi) is 11.3. The Hall–Kier alpha value is -4.34. The number of aryl methyl sites for hydroxylation is 1. The molecule has 0 aromatic heterocycles. The average Bonchev–Trinajstić information content (AvgIpc) is 3.01. The second-order valence-electron chi connectivity index (χ2n) is 11.0. The minimum absolute atomic E-state index is 0.0200. The Labute approximate surface area is 270 Å². The normalized spacial score (nSPS) is 12.0. The quantitative estimate of drug-likeness (QED) is 0.192. The van der Waals surface area contributed by atoms with Crippen molar-refractivity contribution in [3.63, 3.8) is 0 Å². The van der Waals surface area contributed by atoms with Crippen LogP contribution in [0.4, 0.5) is 5.69 Å². The van der Waals surface area contributed by atoms with Crippen LogP contribution in [-0.2, 0) is 32.6 Å². The third-order valence-electron chi connectivity index (χ3n) is 7.19. The third kappa shape index (κ3) is 8.65. The van der Waals surface area contributed by atoms with Crippen molar-refractivity contribution < 1.29 is 22.7 Å². The lowest BCUT2D eigenvalue weighted by Gasteiger charge is -2.34. The smallest absolute Gasteiger partial charge is 0.264 e. The maximum atomic E-state index is 14.5. The van der Waals surface area contributed by atoms with Crippen LogP contribution in [0.1, 0.15) is 30.5 Å². The molecule has 8 nitrogen and oxygen atoms in total. The van der Waals surface area contributed by atoms with Gasteiger partial charge in [-0.25, -0.2) is 8.42 Å². The van der Waals surface area contributed by atoms with Gasteiger partial charge in [0.2, 0.25) is 11.8 Å². The molecule has 0 bridgehead atoms. The van der Waals surface area contributed by atoms with Crippen LogP contribution in [-0.4, -0.2) is 50.9 Å². The fourth-order valence-electron chi connectivity index (χ4n) is 4.95. The van der Waals surface area contributed by atoms with E-state index in [0.717, 1.165) is 15.4 Å². The van der Waals surface area contributed by atoms with E-state index in [-0.39, 0.29) is 41.2 Å². The minimum atomic E-state index is -4.25. The summed E-state index contributed by atoms with van der Waals surface area (Å²) in [4.78, 5) is 29.8. The van der Waals surface area contributed by atoms with Gasteiger partial charge in [0.15, 0.2) is 0 Å². The maximum absolute atomic E-state index is 14.5. The highest BCUT2D eigenvalue weighted by atomic mass is 35.5. The molecule has 0 radical (unpaired) electrons. The molecule has 1 N–H and O–H groups in total. The first-order chi connectivity index (χ1) is 21.5. The summed E-state index contributed by atoms with van der Waals surface area (Å²) in [5.41, 5.74) is 2.63. The topological polar surface area (TPSA) is 96.0 Å². The van der Waals surface area contributed by atoms with Gasteiger partial charge in [0.05, 0.1) is 17.7 Å². The molecular weight excluding hydrogens is 610 g/mol. The molecule has 4 aromatic rings. The highest BCUT2D eigenvalue weighted by Crippen LogP contribution is 2.33. The molecular formula is C35H38ClN3O5S. The number of amides is 2. The van der Waals surface area contributed by atoms with Crippen molar-refractivity contribution in [2.45, 2.75) is 50.7 Å². The van der Waals surface area contributed by atoms with Gasteiger partial charge >= 0.3 is 0 Å². The molecule has 0 aliphatic rings. The van der Waals surface area contributed by atoms with Gasteiger partial charge in [0.25, 0.3) is 10.0 Å². The number of anilines is 1. The summed E-state index contributed by atoms with van der Waals surface area (Å²) < 4.78 is 35.0. The first-order valence-corrected chi connectivity index (χ1v) is 16.4. The molecule has 0 spiro atoms. The number of carbonyl (C=O) groups is 2. The maximum Gasteiger partial charge on any atom is 0.264 e. The van der Waals surface area contributed by atoms with Crippen molar-refractivity contribution in [2.24, 2.45) is 0 Å². The summed E-state index contributed by atoms with van der Waals surface area (Å²) in [6.45, 7) is 4.99. The zero-order chi connectivity index (χ0) is 32.6. The molecule has 4 rings (SSSR count). The first kappa shape index (κ1) is 33.6. The van der Waals surface area contributed by atoms with E-state index in [9.17, 15) is 18.0 Å². The Bertz CT molecular complexity index is 1710. The van der Waals surface area contributed by atoms with Crippen LogP contribution in [0.2, 0.25) is 5.02 Å². The predicted octanol–water partition coefficient (Wildman–Crippen LogP) is 6.02. The van der Waals surface area contributed by atoms with Gasteiger partial charge in [-0.3, -0.25) is 13.9 Å². The van der Waals surface area contributed by atoms with Crippen molar-refractivity contribution in [2.75, 3.05) is 18.0 Å². The van der Waals surface area contributed by atoms with E-state index in [1.807, 2.05) is 57.2 Å². The molecule has 0 heterocycles. The standard InChI is InChI=1S/C35H38ClN3O5S/c1-25(2)37-35(41)32(22-27-11-6-5-7-12-27)38(23-28-13-10-14-29(36)21-28)34(40)24-39(31-15-8-9-16-33(31)44-4)45(42,43)30-19-17-26(3)18-20-30/h5-21,25,32H,22-24H2,1-4H3,(H,37,41)/t32-/m1/s1. The zero-order valence-electron chi connectivity index (χ0n) is 25.8. The third-order valence-corrected chi connectivity index (χ3v) is 9.19. The molecule has 2 amide bonds. The fraction of sp³-hybridized carbons (Fsp3) is 0.257. The predicted molar refractivity (Wildman–Crippen MR) is 178 cm³/mol. The van der Waals surface area contributed by atoms with Gasteiger partial charge in [0.1, 0.15) is 18.3 Å². The van der Waals surface area contributed by atoms with Crippen LogP contribution in [0.5, 0.6) is 5.75 Å². The summed E-state index contributed by atoms with van der Waals surface area (Å²) in [6, 6.07) is 28.3. The van der Waals surface area contributed by atoms with E-state index in [2.05, 4.69) is 5.32 Å². The number of methoxy groups -OCH3 is 1. The number of sulfonamides is 1. The SMILES string of the molecule is COc1ccccc1N(CC(=O)N(Cc1cccc(Cl)c1)[C@H](Cc1ccccc1)C(=O)NC(C)C)S(=O)(=O)c1ccc(C)cc1. The Balaban J connectivity index is 1.83. The van der Waals surface area contributed by atoms with Crippen molar-refractivity contribution in [1.29, 1.82) is 0 Å². The number of rotatable bonds is 13. The van der Waals surface area contributed by atoms with Crippen molar-refractivity contribution >= 4 is 39.1 Å². The Morgan fingerprint density at radius 1 is 0.867 bits per heavy atom. The molecule has 4 aromatic carbocycles.